The zero-order chi connectivity index (χ0) is 16.1. The summed E-state index contributed by atoms with van der Waals surface area (Å²) in [4.78, 5) is 12.1. The molecular formula is C17H23N3O2. The van der Waals surface area contributed by atoms with Crippen molar-refractivity contribution in [3.63, 3.8) is 0 Å². The molecule has 1 N–H and O–H groups in total. The summed E-state index contributed by atoms with van der Waals surface area (Å²) < 4.78 is 7.12. The molecule has 0 bridgehead atoms. The Bertz CT molecular complexity index is 630. The van der Waals surface area contributed by atoms with Crippen LogP contribution in [0.5, 0.6) is 0 Å². The molecule has 0 aliphatic heterocycles. The van der Waals surface area contributed by atoms with Gasteiger partial charge in [-0.1, -0.05) is 29.8 Å². The van der Waals surface area contributed by atoms with E-state index in [-0.39, 0.29) is 12.0 Å². The van der Waals surface area contributed by atoms with Crippen LogP contribution >= 0.6 is 0 Å². The number of nitrogens with zero attached hydrogens (tertiary/aromatic N) is 2. The van der Waals surface area contributed by atoms with E-state index in [2.05, 4.69) is 10.4 Å². The molecule has 2 aromatic rings. The van der Waals surface area contributed by atoms with Crippen molar-refractivity contribution in [1.29, 1.82) is 0 Å². The number of rotatable bonds is 6. The standard InChI is InChI=1S/C17H23N3O2/c1-12(2)22-10-9-18-17(21)15-11-16(20(4)19-15)14-7-5-13(3)6-8-14/h5-8,11-12H,9-10H2,1-4H3,(H,18,21). The van der Waals surface area contributed by atoms with Gasteiger partial charge in [-0.25, -0.2) is 0 Å². The SMILES string of the molecule is Cc1ccc(-c2cc(C(=O)NCCOC(C)C)nn2C)cc1. The fourth-order valence-corrected chi connectivity index (χ4v) is 2.12. The van der Waals surface area contributed by atoms with Gasteiger partial charge >= 0.3 is 0 Å². The topological polar surface area (TPSA) is 56.1 Å². The van der Waals surface area contributed by atoms with E-state index in [1.54, 1.807) is 4.68 Å². The van der Waals surface area contributed by atoms with Gasteiger partial charge in [-0.05, 0) is 32.4 Å². The van der Waals surface area contributed by atoms with Gasteiger partial charge in [0.25, 0.3) is 5.91 Å². The fourth-order valence-electron chi connectivity index (χ4n) is 2.12. The lowest BCUT2D eigenvalue weighted by Gasteiger charge is -2.07. The maximum Gasteiger partial charge on any atom is 0.271 e. The maximum atomic E-state index is 12.1. The molecule has 2 rings (SSSR count). The number of amides is 1. The molecule has 1 aromatic heterocycles. The Morgan fingerprint density at radius 1 is 1.32 bits per heavy atom. The quantitative estimate of drug-likeness (QED) is 0.834. The zero-order valence-electron chi connectivity index (χ0n) is 13.6. The van der Waals surface area contributed by atoms with E-state index in [9.17, 15) is 4.79 Å². The monoisotopic (exact) mass is 301 g/mol. The van der Waals surface area contributed by atoms with Crippen LogP contribution in [-0.4, -0.2) is 34.9 Å². The van der Waals surface area contributed by atoms with Crippen LogP contribution in [0, 0.1) is 6.92 Å². The van der Waals surface area contributed by atoms with Crippen molar-refractivity contribution < 1.29 is 9.53 Å². The largest absolute Gasteiger partial charge is 0.377 e. The van der Waals surface area contributed by atoms with E-state index < -0.39 is 0 Å². The molecule has 0 radical (unpaired) electrons. The van der Waals surface area contributed by atoms with E-state index in [1.807, 2.05) is 58.2 Å². The number of carbonyl (C=O) groups is 1. The van der Waals surface area contributed by atoms with E-state index in [0.29, 0.717) is 18.8 Å². The number of ether oxygens (including phenoxy) is 1. The number of hydrogen-bond acceptors (Lipinski definition) is 3. The van der Waals surface area contributed by atoms with Crippen LogP contribution in [0.1, 0.15) is 29.9 Å². The molecule has 0 saturated heterocycles. The maximum absolute atomic E-state index is 12.1. The summed E-state index contributed by atoms with van der Waals surface area (Å²) in [5.41, 5.74) is 3.59. The van der Waals surface area contributed by atoms with Crippen molar-refractivity contribution in [2.45, 2.75) is 26.9 Å². The summed E-state index contributed by atoms with van der Waals surface area (Å²) in [6, 6.07) is 9.97. The molecule has 5 heteroatoms. The number of aromatic nitrogens is 2. The number of aryl methyl sites for hydroxylation is 2. The summed E-state index contributed by atoms with van der Waals surface area (Å²) in [6.45, 7) is 6.96. The molecular weight excluding hydrogens is 278 g/mol. The second kappa shape index (κ2) is 7.22. The molecule has 118 valence electrons. The van der Waals surface area contributed by atoms with Crippen LogP contribution in [0.15, 0.2) is 30.3 Å². The molecule has 1 heterocycles. The molecule has 0 aliphatic carbocycles. The first-order valence-corrected chi connectivity index (χ1v) is 7.48. The van der Waals surface area contributed by atoms with Crippen molar-refractivity contribution >= 4 is 5.91 Å². The molecule has 5 nitrogen and oxygen atoms in total. The highest BCUT2D eigenvalue weighted by Gasteiger charge is 2.13. The Morgan fingerprint density at radius 2 is 2.00 bits per heavy atom. The lowest BCUT2D eigenvalue weighted by molar-refractivity contribution is 0.0744. The Kier molecular flexibility index (Phi) is 5.33. The molecule has 1 amide bonds. The van der Waals surface area contributed by atoms with Gasteiger partial charge in [0.2, 0.25) is 0 Å². The molecule has 22 heavy (non-hydrogen) atoms. The third kappa shape index (κ3) is 4.18. The predicted molar refractivity (Wildman–Crippen MR) is 86.8 cm³/mol. The summed E-state index contributed by atoms with van der Waals surface area (Å²) >= 11 is 0. The van der Waals surface area contributed by atoms with Gasteiger partial charge in [-0.15, -0.1) is 0 Å². The molecule has 0 saturated carbocycles. The zero-order valence-corrected chi connectivity index (χ0v) is 13.6. The van der Waals surface area contributed by atoms with Gasteiger partial charge in [0.1, 0.15) is 0 Å². The van der Waals surface area contributed by atoms with Crippen molar-refractivity contribution in [2.75, 3.05) is 13.2 Å². The second-order valence-electron chi connectivity index (χ2n) is 5.58. The van der Waals surface area contributed by atoms with Gasteiger partial charge in [-0.3, -0.25) is 9.48 Å². The van der Waals surface area contributed by atoms with Crippen LogP contribution < -0.4 is 5.32 Å². The van der Waals surface area contributed by atoms with Gasteiger partial charge in [-0.2, -0.15) is 5.10 Å². The minimum Gasteiger partial charge on any atom is -0.377 e. The first kappa shape index (κ1) is 16.2. The van der Waals surface area contributed by atoms with Gasteiger partial charge in [0.15, 0.2) is 5.69 Å². The lowest BCUT2D eigenvalue weighted by atomic mass is 10.1. The van der Waals surface area contributed by atoms with Crippen LogP contribution in [0.3, 0.4) is 0 Å². The highest BCUT2D eigenvalue weighted by atomic mass is 16.5. The number of benzene rings is 1. The first-order valence-electron chi connectivity index (χ1n) is 7.48. The Labute approximate surface area is 131 Å². The first-order chi connectivity index (χ1) is 10.5. The van der Waals surface area contributed by atoms with Crippen LogP contribution in [0.4, 0.5) is 0 Å². The van der Waals surface area contributed by atoms with Gasteiger partial charge < -0.3 is 10.1 Å². The normalized spacial score (nSPS) is 11.0. The summed E-state index contributed by atoms with van der Waals surface area (Å²) in [5.74, 6) is -0.179. The summed E-state index contributed by atoms with van der Waals surface area (Å²) in [6.07, 6.45) is 0.167. The molecule has 0 unspecified atom stereocenters. The lowest BCUT2D eigenvalue weighted by Crippen LogP contribution is -2.28. The molecule has 0 atom stereocenters. The van der Waals surface area contributed by atoms with Crippen LogP contribution in [-0.2, 0) is 11.8 Å². The van der Waals surface area contributed by atoms with Crippen molar-refractivity contribution in [3.05, 3.63) is 41.6 Å². The Morgan fingerprint density at radius 3 is 2.64 bits per heavy atom. The molecule has 0 spiro atoms. The Hall–Kier alpha value is -2.14. The minimum absolute atomic E-state index is 0.167. The average Bonchev–Trinajstić information content (AvgIpc) is 2.86. The predicted octanol–water partition coefficient (Wildman–Crippen LogP) is 2.55. The number of carbonyl (C=O) groups excluding carboxylic acids is 1. The second-order valence-corrected chi connectivity index (χ2v) is 5.58. The van der Waals surface area contributed by atoms with E-state index in [0.717, 1.165) is 11.3 Å². The fraction of sp³-hybridized carbons (Fsp3) is 0.412. The van der Waals surface area contributed by atoms with Crippen LogP contribution in [0.25, 0.3) is 11.3 Å². The van der Waals surface area contributed by atoms with E-state index in [1.165, 1.54) is 5.56 Å². The van der Waals surface area contributed by atoms with E-state index in [4.69, 9.17) is 4.74 Å². The van der Waals surface area contributed by atoms with Crippen molar-refractivity contribution in [2.24, 2.45) is 7.05 Å². The third-order valence-electron chi connectivity index (χ3n) is 3.30. The molecule has 0 aliphatic rings. The van der Waals surface area contributed by atoms with Crippen molar-refractivity contribution in [1.82, 2.24) is 15.1 Å². The molecule has 1 aromatic carbocycles. The highest BCUT2D eigenvalue weighted by molar-refractivity contribution is 5.93. The van der Waals surface area contributed by atoms with Crippen LogP contribution in [0.2, 0.25) is 0 Å². The smallest absolute Gasteiger partial charge is 0.271 e. The summed E-state index contributed by atoms with van der Waals surface area (Å²) in [5, 5.41) is 7.10. The number of hydrogen-bond donors (Lipinski definition) is 1. The molecule has 0 fully saturated rings. The van der Waals surface area contributed by atoms with Crippen molar-refractivity contribution in [3.8, 4) is 11.3 Å². The van der Waals surface area contributed by atoms with Gasteiger partial charge in [0.05, 0.1) is 18.4 Å². The average molecular weight is 301 g/mol. The highest BCUT2D eigenvalue weighted by Crippen LogP contribution is 2.20. The van der Waals surface area contributed by atoms with E-state index >= 15 is 0 Å². The third-order valence-corrected chi connectivity index (χ3v) is 3.30. The minimum atomic E-state index is -0.179. The number of nitrogens with one attached hydrogen (secondary N) is 1. The Balaban J connectivity index is 2.02. The van der Waals surface area contributed by atoms with Gasteiger partial charge in [0, 0.05) is 13.6 Å². The summed E-state index contributed by atoms with van der Waals surface area (Å²) in [7, 11) is 1.84.